The van der Waals surface area contributed by atoms with E-state index < -0.39 is 6.10 Å². The van der Waals surface area contributed by atoms with Gasteiger partial charge in [-0.3, -0.25) is 4.79 Å². The van der Waals surface area contributed by atoms with Crippen LogP contribution in [0.4, 0.5) is 5.69 Å². The average molecular weight is 283 g/mol. The van der Waals surface area contributed by atoms with E-state index in [4.69, 9.17) is 9.47 Å². The molecule has 4 nitrogen and oxygen atoms in total. The van der Waals surface area contributed by atoms with E-state index in [0.29, 0.717) is 17.9 Å². The Morgan fingerprint density at radius 1 is 1.29 bits per heavy atom. The molecule has 4 heteroatoms. The second kappa shape index (κ2) is 5.48. The Kier molecular flexibility index (Phi) is 3.52. The molecule has 3 rings (SSSR count). The molecule has 108 valence electrons. The van der Waals surface area contributed by atoms with Crippen LogP contribution in [0.1, 0.15) is 11.1 Å². The molecular weight excluding hydrogens is 266 g/mol. The smallest absolute Gasteiger partial charge is 0.265 e. The first-order valence-electron chi connectivity index (χ1n) is 6.87. The lowest BCUT2D eigenvalue weighted by atomic mass is 10.1. The fraction of sp³-hybridized carbons (Fsp3) is 0.235. The first-order valence-corrected chi connectivity index (χ1v) is 6.87. The van der Waals surface area contributed by atoms with Crippen LogP contribution in [0.5, 0.6) is 11.5 Å². The molecule has 1 amide bonds. The normalized spacial score (nSPS) is 16.0. The van der Waals surface area contributed by atoms with Gasteiger partial charge in [-0.25, -0.2) is 0 Å². The number of fused-ring (bicyclic) bond motifs is 1. The molecule has 1 heterocycles. The van der Waals surface area contributed by atoms with Gasteiger partial charge in [0, 0.05) is 6.42 Å². The maximum atomic E-state index is 12.4. The van der Waals surface area contributed by atoms with Crippen molar-refractivity contribution < 1.29 is 14.3 Å². The summed E-state index contributed by atoms with van der Waals surface area (Å²) in [5.41, 5.74) is 2.79. The van der Waals surface area contributed by atoms with Gasteiger partial charge in [-0.15, -0.1) is 0 Å². The van der Waals surface area contributed by atoms with Gasteiger partial charge in [0.2, 0.25) is 0 Å². The van der Waals surface area contributed by atoms with Crippen LogP contribution in [0.15, 0.2) is 42.5 Å². The number of benzene rings is 2. The Labute approximate surface area is 123 Å². The van der Waals surface area contributed by atoms with E-state index in [0.717, 1.165) is 16.9 Å². The van der Waals surface area contributed by atoms with Crippen molar-refractivity contribution in [3.8, 4) is 11.5 Å². The van der Waals surface area contributed by atoms with E-state index in [1.54, 1.807) is 7.11 Å². The highest BCUT2D eigenvalue weighted by atomic mass is 16.5. The van der Waals surface area contributed by atoms with Gasteiger partial charge in [-0.05, 0) is 36.2 Å². The fourth-order valence-electron chi connectivity index (χ4n) is 2.46. The highest BCUT2D eigenvalue weighted by molar-refractivity contribution is 5.96. The van der Waals surface area contributed by atoms with Crippen molar-refractivity contribution in [1.82, 2.24) is 0 Å². The van der Waals surface area contributed by atoms with Crippen molar-refractivity contribution in [1.29, 1.82) is 0 Å². The third kappa shape index (κ3) is 2.70. The molecule has 21 heavy (non-hydrogen) atoms. The van der Waals surface area contributed by atoms with Crippen LogP contribution >= 0.6 is 0 Å². The van der Waals surface area contributed by atoms with Crippen molar-refractivity contribution >= 4 is 11.6 Å². The number of carbonyl (C=O) groups excluding carboxylic acids is 1. The maximum Gasteiger partial charge on any atom is 0.265 e. The van der Waals surface area contributed by atoms with Gasteiger partial charge in [0.15, 0.2) is 6.10 Å². The Morgan fingerprint density at radius 2 is 2.10 bits per heavy atom. The highest BCUT2D eigenvalue weighted by Gasteiger charge is 2.29. The lowest BCUT2D eigenvalue weighted by Crippen LogP contribution is -2.31. The van der Waals surface area contributed by atoms with Crippen LogP contribution in [0, 0.1) is 6.92 Å². The minimum Gasteiger partial charge on any atom is -0.495 e. The number of rotatable bonds is 3. The fourth-order valence-corrected chi connectivity index (χ4v) is 2.46. The minimum absolute atomic E-state index is 0.157. The molecule has 0 saturated heterocycles. The molecule has 0 fully saturated rings. The zero-order valence-corrected chi connectivity index (χ0v) is 12.1. The number of hydrogen-bond acceptors (Lipinski definition) is 3. The van der Waals surface area contributed by atoms with Crippen LogP contribution in [-0.4, -0.2) is 19.1 Å². The molecule has 2 aromatic carbocycles. The van der Waals surface area contributed by atoms with Gasteiger partial charge >= 0.3 is 0 Å². The summed E-state index contributed by atoms with van der Waals surface area (Å²) in [6.07, 6.45) is 0.100. The summed E-state index contributed by atoms with van der Waals surface area (Å²) in [6.45, 7) is 1.97. The van der Waals surface area contributed by atoms with Crippen molar-refractivity contribution in [3.05, 3.63) is 53.6 Å². The van der Waals surface area contributed by atoms with Crippen LogP contribution < -0.4 is 14.8 Å². The quantitative estimate of drug-likeness (QED) is 0.942. The Bertz CT molecular complexity index is 656. The van der Waals surface area contributed by atoms with Crippen LogP contribution in [0.25, 0.3) is 0 Å². The summed E-state index contributed by atoms with van der Waals surface area (Å²) >= 11 is 0. The third-order valence-electron chi connectivity index (χ3n) is 3.55. The van der Waals surface area contributed by atoms with Gasteiger partial charge in [-0.2, -0.15) is 0 Å². The van der Waals surface area contributed by atoms with E-state index in [1.165, 1.54) is 0 Å². The molecule has 0 radical (unpaired) electrons. The van der Waals surface area contributed by atoms with Gasteiger partial charge < -0.3 is 14.8 Å². The Hall–Kier alpha value is -2.49. The van der Waals surface area contributed by atoms with Gasteiger partial charge in [0.05, 0.1) is 12.8 Å². The standard InChI is InChI=1S/C17H17NO3/c1-11-7-8-15(20-2)13(9-11)18-17(19)16-10-12-5-3-4-6-14(12)21-16/h3-9,16H,10H2,1-2H3,(H,18,19)/t16-/m1/s1. The third-order valence-corrected chi connectivity index (χ3v) is 3.55. The molecule has 2 aromatic rings. The molecule has 0 aliphatic carbocycles. The van der Waals surface area contributed by atoms with Crippen molar-refractivity contribution in [2.24, 2.45) is 0 Å². The number of amides is 1. The largest absolute Gasteiger partial charge is 0.495 e. The van der Waals surface area contributed by atoms with E-state index in [-0.39, 0.29) is 5.91 Å². The summed E-state index contributed by atoms with van der Waals surface area (Å²) in [7, 11) is 1.59. The summed E-state index contributed by atoms with van der Waals surface area (Å²) in [4.78, 5) is 12.4. The Morgan fingerprint density at radius 3 is 2.86 bits per heavy atom. The van der Waals surface area contributed by atoms with E-state index in [1.807, 2.05) is 49.4 Å². The first-order chi connectivity index (χ1) is 10.2. The second-order valence-corrected chi connectivity index (χ2v) is 5.11. The van der Waals surface area contributed by atoms with Crippen LogP contribution in [0.3, 0.4) is 0 Å². The summed E-state index contributed by atoms with van der Waals surface area (Å²) in [5.74, 6) is 1.27. The topological polar surface area (TPSA) is 47.6 Å². The average Bonchev–Trinajstić information content (AvgIpc) is 2.91. The SMILES string of the molecule is COc1ccc(C)cc1NC(=O)[C@H]1Cc2ccccc2O1. The predicted molar refractivity (Wildman–Crippen MR) is 80.9 cm³/mol. The molecule has 0 aromatic heterocycles. The van der Waals surface area contributed by atoms with Crippen LogP contribution in [0.2, 0.25) is 0 Å². The number of ether oxygens (including phenoxy) is 2. The number of hydrogen-bond donors (Lipinski definition) is 1. The number of para-hydroxylation sites is 1. The monoisotopic (exact) mass is 283 g/mol. The molecule has 0 unspecified atom stereocenters. The van der Waals surface area contributed by atoms with E-state index >= 15 is 0 Å². The second-order valence-electron chi connectivity index (χ2n) is 5.11. The zero-order chi connectivity index (χ0) is 14.8. The van der Waals surface area contributed by atoms with E-state index in [2.05, 4.69) is 5.32 Å². The minimum atomic E-state index is -0.493. The number of carbonyl (C=O) groups is 1. The number of nitrogens with one attached hydrogen (secondary N) is 1. The van der Waals surface area contributed by atoms with E-state index in [9.17, 15) is 4.79 Å². The maximum absolute atomic E-state index is 12.4. The number of methoxy groups -OCH3 is 1. The molecule has 1 atom stereocenters. The van der Waals surface area contributed by atoms with Gasteiger partial charge in [0.1, 0.15) is 11.5 Å². The van der Waals surface area contributed by atoms with Crippen molar-refractivity contribution in [2.75, 3.05) is 12.4 Å². The van der Waals surface area contributed by atoms with Gasteiger partial charge in [-0.1, -0.05) is 24.3 Å². The first kappa shape index (κ1) is 13.5. The molecule has 1 aliphatic heterocycles. The molecular formula is C17H17NO3. The highest BCUT2D eigenvalue weighted by Crippen LogP contribution is 2.30. The van der Waals surface area contributed by atoms with Crippen LogP contribution in [-0.2, 0) is 11.2 Å². The summed E-state index contributed by atoms with van der Waals surface area (Å²) in [5, 5.41) is 2.89. The number of anilines is 1. The molecule has 0 saturated carbocycles. The van der Waals surface area contributed by atoms with Gasteiger partial charge in [0.25, 0.3) is 5.91 Å². The lowest BCUT2D eigenvalue weighted by molar-refractivity contribution is -0.122. The predicted octanol–water partition coefficient (Wildman–Crippen LogP) is 2.95. The summed E-state index contributed by atoms with van der Waals surface area (Å²) < 4.78 is 11.0. The van der Waals surface area contributed by atoms with Crippen molar-refractivity contribution in [3.63, 3.8) is 0 Å². The summed E-state index contributed by atoms with van der Waals surface area (Å²) in [6, 6.07) is 13.4. The molecule has 0 bridgehead atoms. The zero-order valence-electron chi connectivity index (χ0n) is 12.1. The number of aryl methyl sites for hydroxylation is 1. The Balaban J connectivity index is 1.75. The molecule has 1 N–H and O–H groups in total. The molecule has 1 aliphatic rings. The van der Waals surface area contributed by atoms with Crippen molar-refractivity contribution in [2.45, 2.75) is 19.4 Å². The lowest BCUT2D eigenvalue weighted by Gasteiger charge is -2.14. The molecule has 0 spiro atoms.